The molecule has 2 saturated heterocycles. The first-order valence-electron chi connectivity index (χ1n) is 10.9. The summed E-state index contributed by atoms with van der Waals surface area (Å²) >= 11 is 5.99. The molecule has 9 nitrogen and oxygen atoms in total. The van der Waals surface area contributed by atoms with E-state index in [2.05, 4.69) is 10.3 Å². The standard InChI is InChI=1S/C22H28ClN5O4/c1-15-13-17(23)3-4-20(15)32-16(2)21(29)26-7-5-18(6-8-26)28-14-19(24-25-28)22(30)27-9-11-31-12-10-27/h3-4,13-14,16,18H,5-12H2,1-2H3/t16-/m1/s1. The number of halogens is 1. The zero-order valence-electron chi connectivity index (χ0n) is 18.4. The highest BCUT2D eigenvalue weighted by Gasteiger charge is 2.29. The smallest absolute Gasteiger partial charge is 0.276 e. The highest BCUT2D eigenvalue weighted by Crippen LogP contribution is 2.25. The summed E-state index contributed by atoms with van der Waals surface area (Å²) in [6.07, 6.45) is 2.62. The van der Waals surface area contributed by atoms with Crippen LogP contribution in [0.25, 0.3) is 0 Å². The molecular formula is C22H28ClN5O4. The fraction of sp³-hybridized carbons (Fsp3) is 0.545. The van der Waals surface area contributed by atoms with Crippen LogP contribution in [0.3, 0.4) is 0 Å². The van der Waals surface area contributed by atoms with E-state index < -0.39 is 6.10 Å². The summed E-state index contributed by atoms with van der Waals surface area (Å²) < 4.78 is 12.9. The predicted octanol–water partition coefficient (Wildman–Crippen LogP) is 2.34. The van der Waals surface area contributed by atoms with Crippen molar-refractivity contribution in [2.24, 2.45) is 0 Å². The second-order valence-electron chi connectivity index (χ2n) is 8.21. The summed E-state index contributed by atoms with van der Waals surface area (Å²) in [7, 11) is 0. The monoisotopic (exact) mass is 461 g/mol. The molecule has 1 aromatic heterocycles. The van der Waals surface area contributed by atoms with Crippen molar-refractivity contribution in [1.82, 2.24) is 24.8 Å². The van der Waals surface area contributed by atoms with Crippen LogP contribution in [0, 0.1) is 6.92 Å². The van der Waals surface area contributed by atoms with Crippen LogP contribution in [0.15, 0.2) is 24.4 Å². The molecule has 2 fully saturated rings. The molecule has 0 radical (unpaired) electrons. The van der Waals surface area contributed by atoms with Crippen molar-refractivity contribution in [3.05, 3.63) is 40.7 Å². The molecule has 1 atom stereocenters. The number of likely N-dealkylation sites (tertiary alicyclic amines) is 1. The molecule has 4 rings (SSSR count). The summed E-state index contributed by atoms with van der Waals surface area (Å²) in [6, 6.07) is 5.46. The van der Waals surface area contributed by atoms with Gasteiger partial charge in [-0.05, 0) is 50.5 Å². The van der Waals surface area contributed by atoms with Crippen LogP contribution in [0.1, 0.15) is 41.9 Å². The summed E-state index contributed by atoms with van der Waals surface area (Å²) in [4.78, 5) is 29.0. The molecule has 0 spiro atoms. The number of ether oxygens (including phenoxy) is 2. The second-order valence-corrected chi connectivity index (χ2v) is 8.65. The molecule has 0 aliphatic carbocycles. The second kappa shape index (κ2) is 9.87. The van der Waals surface area contributed by atoms with Crippen LogP contribution in [0.4, 0.5) is 0 Å². The van der Waals surface area contributed by atoms with Crippen molar-refractivity contribution in [1.29, 1.82) is 0 Å². The van der Waals surface area contributed by atoms with Crippen molar-refractivity contribution in [3.63, 3.8) is 0 Å². The predicted molar refractivity (Wildman–Crippen MR) is 118 cm³/mol. The Morgan fingerprint density at radius 1 is 1.16 bits per heavy atom. The Kier molecular flexibility index (Phi) is 6.95. The van der Waals surface area contributed by atoms with Crippen molar-refractivity contribution < 1.29 is 19.1 Å². The van der Waals surface area contributed by atoms with E-state index in [1.54, 1.807) is 34.8 Å². The topological polar surface area (TPSA) is 89.8 Å². The lowest BCUT2D eigenvalue weighted by atomic mass is 10.0. The third kappa shape index (κ3) is 5.05. The van der Waals surface area contributed by atoms with Crippen LogP contribution >= 0.6 is 11.6 Å². The summed E-state index contributed by atoms with van der Waals surface area (Å²) in [5, 5.41) is 8.90. The molecule has 3 heterocycles. The number of morpholine rings is 1. The average molecular weight is 462 g/mol. The number of carbonyl (C=O) groups is 2. The van der Waals surface area contributed by atoms with Crippen molar-refractivity contribution in [3.8, 4) is 5.75 Å². The first-order chi connectivity index (χ1) is 15.4. The van der Waals surface area contributed by atoms with Gasteiger partial charge in [-0.15, -0.1) is 5.10 Å². The average Bonchev–Trinajstić information content (AvgIpc) is 3.31. The van der Waals surface area contributed by atoms with Gasteiger partial charge in [0.1, 0.15) is 5.75 Å². The van der Waals surface area contributed by atoms with Gasteiger partial charge >= 0.3 is 0 Å². The molecule has 2 aromatic rings. The Labute approximate surface area is 192 Å². The molecule has 0 saturated carbocycles. The molecule has 32 heavy (non-hydrogen) atoms. The Hall–Kier alpha value is -2.65. The SMILES string of the molecule is Cc1cc(Cl)ccc1O[C@H](C)C(=O)N1CCC(n2cc(C(=O)N3CCOCC3)nn2)CC1. The number of piperidine rings is 1. The van der Waals surface area contributed by atoms with E-state index in [0.717, 1.165) is 18.4 Å². The van der Waals surface area contributed by atoms with Crippen molar-refractivity contribution >= 4 is 23.4 Å². The lowest BCUT2D eigenvalue weighted by Gasteiger charge is -2.33. The fourth-order valence-electron chi connectivity index (χ4n) is 4.08. The molecular weight excluding hydrogens is 434 g/mol. The van der Waals surface area contributed by atoms with Gasteiger partial charge in [0.05, 0.1) is 25.5 Å². The van der Waals surface area contributed by atoms with E-state index in [0.29, 0.717) is 55.9 Å². The Balaban J connectivity index is 1.30. The zero-order valence-corrected chi connectivity index (χ0v) is 19.1. The van der Waals surface area contributed by atoms with Gasteiger partial charge in [0.25, 0.3) is 11.8 Å². The third-order valence-electron chi connectivity index (χ3n) is 5.97. The maximum atomic E-state index is 12.9. The molecule has 0 bridgehead atoms. The summed E-state index contributed by atoms with van der Waals surface area (Å²) in [5.41, 5.74) is 1.25. The molecule has 1 aromatic carbocycles. The lowest BCUT2D eigenvalue weighted by Crippen LogP contribution is -2.45. The minimum absolute atomic E-state index is 0.0421. The van der Waals surface area contributed by atoms with Gasteiger partial charge in [-0.25, -0.2) is 4.68 Å². The first kappa shape index (κ1) is 22.5. The quantitative estimate of drug-likeness (QED) is 0.679. The van der Waals surface area contributed by atoms with Gasteiger partial charge in [0, 0.05) is 31.2 Å². The van der Waals surface area contributed by atoms with E-state index in [9.17, 15) is 9.59 Å². The number of hydrogen-bond acceptors (Lipinski definition) is 6. The molecule has 2 aliphatic heterocycles. The number of benzene rings is 1. The Bertz CT molecular complexity index is 967. The number of carbonyl (C=O) groups excluding carboxylic acids is 2. The van der Waals surface area contributed by atoms with Gasteiger partial charge in [0.15, 0.2) is 11.8 Å². The molecule has 10 heteroatoms. The van der Waals surface area contributed by atoms with Gasteiger partial charge in [-0.1, -0.05) is 16.8 Å². The fourth-order valence-corrected chi connectivity index (χ4v) is 4.30. The third-order valence-corrected chi connectivity index (χ3v) is 6.20. The minimum Gasteiger partial charge on any atom is -0.481 e. The maximum absolute atomic E-state index is 12.9. The summed E-state index contributed by atoms with van der Waals surface area (Å²) in [5.74, 6) is 0.500. The first-order valence-corrected chi connectivity index (χ1v) is 11.3. The van der Waals surface area contributed by atoms with Crippen LogP contribution in [-0.2, 0) is 9.53 Å². The summed E-state index contributed by atoms with van der Waals surface area (Å²) in [6.45, 7) is 7.11. The van der Waals surface area contributed by atoms with Crippen molar-refractivity contribution in [2.75, 3.05) is 39.4 Å². The molecule has 2 amide bonds. The highest BCUT2D eigenvalue weighted by atomic mass is 35.5. The van der Waals surface area contributed by atoms with Crippen LogP contribution in [0.5, 0.6) is 5.75 Å². The van der Waals surface area contributed by atoms with E-state index in [-0.39, 0.29) is 17.9 Å². The molecule has 0 unspecified atom stereocenters. The van der Waals surface area contributed by atoms with Gasteiger partial charge in [-0.3, -0.25) is 9.59 Å². The molecule has 172 valence electrons. The normalized spacial score (nSPS) is 18.5. The van der Waals surface area contributed by atoms with Crippen molar-refractivity contribution in [2.45, 2.75) is 38.8 Å². The minimum atomic E-state index is -0.587. The van der Waals surface area contributed by atoms with Gasteiger partial charge in [0.2, 0.25) is 0 Å². The highest BCUT2D eigenvalue weighted by molar-refractivity contribution is 6.30. The Morgan fingerprint density at radius 3 is 2.56 bits per heavy atom. The van der Waals surface area contributed by atoms with Gasteiger partial charge < -0.3 is 19.3 Å². The van der Waals surface area contributed by atoms with Crippen LogP contribution in [0.2, 0.25) is 5.02 Å². The number of aromatic nitrogens is 3. The van der Waals surface area contributed by atoms with Gasteiger partial charge in [-0.2, -0.15) is 0 Å². The molecule has 0 N–H and O–H groups in total. The number of amides is 2. The number of hydrogen-bond donors (Lipinski definition) is 0. The van der Waals surface area contributed by atoms with E-state index >= 15 is 0 Å². The largest absolute Gasteiger partial charge is 0.481 e. The zero-order chi connectivity index (χ0) is 22.7. The number of nitrogens with zero attached hydrogens (tertiary/aromatic N) is 5. The van der Waals surface area contributed by atoms with Crippen LogP contribution in [-0.4, -0.2) is 82.1 Å². The van der Waals surface area contributed by atoms with E-state index in [1.165, 1.54) is 0 Å². The lowest BCUT2D eigenvalue weighted by molar-refractivity contribution is -0.139. The molecule has 2 aliphatic rings. The van der Waals surface area contributed by atoms with Crippen LogP contribution < -0.4 is 4.74 Å². The van der Waals surface area contributed by atoms with E-state index in [1.807, 2.05) is 17.9 Å². The van der Waals surface area contributed by atoms with E-state index in [4.69, 9.17) is 21.1 Å². The maximum Gasteiger partial charge on any atom is 0.276 e. The number of rotatable bonds is 5. The number of aryl methyl sites for hydroxylation is 1. The Morgan fingerprint density at radius 2 is 1.88 bits per heavy atom.